The molecule has 2 rings (SSSR count). The maximum atomic E-state index is 13.1. The molecule has 0 N–H and O–H groups in total. The van der Waals surface area contributed by atoms with Gasteiger partial charge in [-0.25, -0.2) is 8.78 Å². The molecule has 0 aliphatic carbocycles. The Hall–Kier alpha value is -1.76. The van der Waals surface area contributed by atoms with Gasteiger partial charge in [-0.2, -0.15) is 13.2 Å². The van der Waals surface area contributed by atoms with Crippen LogP contribution in [0.2, 0.25) is 0 Å². The highest BCUT2D eigenvalue weighted by molar-refractivity contribution is 9.10. The Kier molecular flexibility index (Phi) is 4.13. The molecule has 21 heavy (non-hydrogen) atoms. The summed E-state index contributed by atoms with van der Waals surface area (Å²) in [5.41, 5.74) is -1.71. The number of carbonyl (C=O) groups is 1. The van der Waals surface area contributed by atoms with Gasteiger partial charge in [0.05, 0.1) is 5.56 Å². The Morgan fingerprint density at radius 1 is 0.952 bits per heavy atom. The highest BCUT2D eigenvalue weighted by atomic mass is 79.9. The van der Waals surface area contributed by atoms with E-state index >= 15 is 0 Å². The summed E-state index contributed by atoms with van der Waals surface area (Å²) in [6, 6.07) is 4.59. The molecule has 0 radical (unpaired) electrons. The van der Waals surface area contributed by atoms with Crippen molar-refractivity contribution in [2.45, 2.75) is 6.18 Å². The van der Waals surface area contributed by atoms with Crippen LogP contribution in [0.3, 0.4) is 0 Å². The van der Waals surface area contributed by atoms with Crippen LogP contribution in [0.1, 0.15) is 21.5 Å². The molecule has 2 aromatic rings. The molecule has 0 aliphatic heterocycles. The predicted molar refractivity (Wildman–Crippen MR) is 68.9 cm³/mol. The molecule has 110 valence electrons. The van der Waals surface area contributed by atoms with E-state index in [4.69, 9.17) is 0 Å². The lowest BCUT2D eigenvalue weighted by Gasteiger charge is -2.10. The number of rotatable bonds is 2. The number of halogens is 6. The summed E-state index contributed by atoms with van der Waals surface area (Å²) >= 11 is 2.96. The average molecular weight is 365 g/mol. The van der Waals surface area contributed by atoms with E-state index in [-0.39, 0.29) is 15.6 Å². The largest absolute Gasteiger partial charge is 0.416 e. The predicted octanol–water partition coefficient (Wildman–Crippen LogP) is 4.98. The number of carbonyl (C=O) groups excluding carboxylic acids is 1. The first-order chi connectivity index (χ1) is 9.68. The van der Waals surface area contributed by atoms with E-state index in [0.717, 1.165) is 24.3 Å². The molecule has 7 heteroatoms. The van der Waals surface area contributed by atoms with E-state index in [1.807, 2.05) is 0 Å². The van der Waals surface area contributed by atoms with E-state index in [1.165, 1.54) is 0 Å². The minimum Gasteiger partial charge on any atom is -0.289 e. The zero-order valence-corrected chi connectivity index (χ0v) is 11.7. The smallest absolute Gasteiger partial charge is 0.289 e. The first kappa shape index (κ1) is 15.6. The van der Waals surface area contributed by atoms with Crippen molar-refractivity contribution in [3.8, 4) is 0 Å². The zero-order chi connectivity index (χ0) is 15.8. The number of ketones is 1. The highest BCUT2D eigenvalue weighted by Crippen LogP contribution is 2.32. The molecule has 0 bridgehead atoms. The summed E-state index contributed by atoms with van der Waals surface area (Å²) in [5, 5.41) is 0. The monoisotopic (exact) mass is 364 g/mol. The zero-order valence-electron chi connectivity index (χ0n) is 10.1. The van der Waals surface area contributed by atoms with Gasteiger partial charge in [0.15, 0.2) is 5.78 Å². The molecule has 0 amide bonds. The van der Waals surface area contributed by atoms with Crippen molar-refractivity contribution in [2.75, 3.05) is 0 Å². The molecular weight excluding hydrogens is 359 g/mol. The van der Waals surface area contributed by atoms with Crippen LogP contribution in [0.5, 0.6) is 0 Å². The number of benzene rings is 2. The molecule has 0 aliphatic rings. The Bertz CT molecular complexity index is 689. The maximum Gasteiger partial charge on any atom is 0.416 e. The standard InChI is InChI=1S/C14H6BrF5O/c15-12-2-1-8(14(18,19)20)5-11(12)13(21)7-3-9(16)6-10(17)4-7/h1-6H. The number of hydrogen-bond acceptors (Lipinski definition) is 1. The van der Waals surface area contributed by atoms with Crippen LogP contribution in [0.15, 0.2) is 40.9 Å². The Balaban J connectivity index is 2.52. The number of hydrogen-bond donors (Lipinski definition) is 0. The van der Waals surface area contributed by atoms with Crippen molar-refractivity contribution < 1.29 is 26.7 Å². The Labute approximate surface area is 124 Å². The summed E-state index contributed by atoms with van der Waals surface area (Å²) in [6.45, 7) is 0. The lowest BCUT2D eigenvalue weighted by Crippen LogP contribution is -2.09. The van der Waals surface area contributed by atoms with Crippen molar-refractivity contribution in [1.29, 1.82) is 0 Å². The first-order valence-electron chi connectivity index (χ1n) is 5.56. The van der Waals surface area contributed by atoms with Gasteiger partial charge < -0.3 is 0 Å². The van der Waals surface area contributed by atoms with Crippen molar-refractivity contribution >= 4 is 21.7 Å². The normalized spacial score (nSPS) is 11.5. The van der Waals surface area contributed by atoms with E-state index in [9.17, 15) is 26.7 Å². The molecule has 0 saturated heterocycles. The third-order valence-corrected chi connectivity index (χ3v) is 3.35. The fourth-order valence-corrected chi connectivity index (χ4v) is 2.14. The van der Waals surface area contributed by atoms with Gasteiger partial charge in [-0.1, -0.05) is 15.9 Å². The summed E-state index contributed by atoms with van der Waals surface area (Å²) in [4.78, 5) is 12.1. The van der Waals surface area contributed by atoms with Crippen molar-refractivity contribution in [1.82, 2.24) is 0 Å². The van der Waals surface area contributed by atoms with E-state index in [2.05, 4.69) is 15.9 Å². The van der Waals surface area contributed by atoms with Crippen LogP contribution in [0.4, 0.5) is 22.0 Å². The van der Waals surface area contributed by atoms with Gasteiger partial charge in [0, 0.05) is 21.7 Å². The maximum absolute atomic E-state index is 13.1. The fraction of sp³-hybridized carbons (Fsp3) is 0.0714. The van der Waals surface area contributed by atoms with Gasteiger partial charge in [-0.15, -0.1) is 0 Å². The SMILES string of the molecule is O=C(c1cc(F)cc(F)c1)c1cc(C(F)(F)F)ccc1Br. The number of alkyl halides is 3. The molecule has 1 nitrogen and oxygen atoms in total. The minimum absolute atomic E-state index is 0.102. The van der Waals surface area contributed by atoms with Gasteiger partial charge in [-0.3, -0.25) is 4.79 Å². The van der Waals surface area contributed by atoms with Crippen molar-refractivity contribution in [3.63, 3.8) is 0 Å². The minimum atomic E-state index is -4.62. The van der Waals surface area contributed by atoms with Crippen LogP contribution < -0.4 is 0 Å². The summed E-state index contributed by atoms with van der Waals surface area (Å²) in [7, 11) is 0. The summed E-state index contributed by atoms with van der Waals surface area (Å²) < 4.78 is 64.2. The lowest BCUT2D eigenvalue weighted by atomic mass is 10.0. The van der Waals surface area contributed by atoms with Crippen LogP contribution >= 0.6 is 15.9 Å². The van der Waals surface area contributed by atoms with E-state index < -0.39 is 29.2 Å². The molecule has 0 heterocycles. The third-order valence-electron chi connectivity index (χ3n) is 2.66. The Morgan fingerprint density at radius 2 is 1.52 bits per heavy atom. The molecule has 0 aromatic heterocycles. The fourth-order valence-electron chi connectivity index (χ4n) is 1.72. The van der Waals surface area contributed by atoms with Gasteiger partial charge >= 0.3 is 6.18 Å². The Morgan fingerprint density at radius 3 is 2.05 bits per heavy atom. The third kappa shape index (κ3) is 3.47. The molecule has 0 spiro atoms. The second-order valence-corrected chi connectivity index (χ2v) is 5.03. The second kappa shape index (κ2) is 5.55. The summed E-state index contributed by atoms with van der Waals surface area (Å²) in [5.74, 6) is -2.88. The molecule has 0 fully saturated rings. The van der Waals surface area contributed by atoms with Gasteiger partial charge in [0.2, 0.25) is 0 Å². The molecule has 2 aromatic carbocycles. The van der Waals surface area contributed by atoms with Crippen LogP contribution in [0, 0.1) is 11.6 Å². The van der Waals surface area contributed by atoms with Gasteiger partial charge in [0.1, 0.15) is 11.6 Å². The van der Waals surface area contributed by atoms with Crippen molar-refractivity contribution in [3.05, 3.63) is 69.2 Å². The van der Waals surface area contributed by atoms with E-state index in [0.29, 0.717) is 12.1 Å². The average Bonchev–Trinajstić information content (AvgIpc) is 2.36. The molecular formula is C14H6BrF5O. The second-order valence-electron chi connectivity index (χ2n) is 4.18. The lowest BCUT2D eigenvalue weighted by molar-refractivity contribution is -0.137. The quantitative estimate of drug-likeness (QED) is 0.542. The molecule has 0 saturated carbocycles. The van der Waals surface area contributed by atoms with Crippen LogP contribution in [0.25, 0.3) is 0 Å². The molecule has 0 atom stereocenters. The highest BCUT2D eigenvalue weighted by Gasteiger charge is 2.31. The van der Waals surface area contributed by atoms with Gasteiger partial charge in [0.25, 0.3) is 0 Å². The topological polar surface area (TPSA) is 17.1 Å². The van der Waals surface area contributed by atoms with Crippen molar-refractivity contribution in [2.24, 2.45) is 0 Å². The van der Waals surface area contributed by atoms with Gasteiger partial charge in [-0.05, 0) is 30.3 Å². The van der Waals surface area contributed by atoms with Crippen LogP contribution in [-0.4, -0.2) is 5.78 Å². The van der Waals surface area contributed by atoms with E-state index in [1.54, 1.807) is 0 Å². The van der Waals surface area contributed by atoms with Crippen LogP contribution in [-0.2, 0) is 6.18 Å². The molecule has 0 unspecified atom stereocenters. The first-order valence-corrected chi connectivity index (χ1v) is 6.35. The summed E-state index contributed by atoms with van der Waals surface area (Å²) in [6.07, 6.45) is -4.62.